The van der Waals surface area contributed by atoms with Crippen molar-refractivity contribution >= 4 is 22.6 Å². The summed E-state index contributed by atoms with van der Waals surface area (Å²) in [7, 11) is 1.70. The number of methoxy groups -OCH3 is 1. The summed E-state index contributed by atoms with van der Waals surface area (Å²) < 4.78 is 6.32. The maximum atomic E-state index is 5.11. The first kappa shape index (κ1) is 12.6. The zero-order chi connectivity index (χ0) is 10.9. The number of ether oxygens (including phenoxy) is 1. The van der Waals surface area contributed by atoms with E-state index in [0.717, 1.165) is 18.6 Å². The second-order valence-corrected chi connectivity index (χ2v) is 4.41. The topological polar surface area (TPSA) is 9.23 Å². The molecule has 0 amide bonds. The van der Waals surface area contributed by atoms with Gasteiger partial charge in [0.2, 0.25) is 0 Å². The van der Waals surface area contributed by atoms with Crippen molar-refractivity contribution in [1.29, 1.82) is 0 Å². The molecule has 82 valence electrons. The summed E-state index contributed by atoms with van der Waals surface area (Å²) in [6.45, 7) is 0. The van der Waals surface area contributed by atoms with Crippen LogP contribution in [-0.4, -0.2) is 11.5 Å². The molecule has 0 saturated heterocycles. The van der Waals surface area contributed by atoms with Gasteiger partial charge < -0.3 is 4.74 Å². The van der Waals surface area contributed by atoms with Crippen molar-refractivity contribution in [2.45, 2.75) is 19.3 Å². The summed E-state index contributed by atoms with van der Waals surface area (Å²) in [5, 5.41) is 0. The number of hydrogen-bond acceptors (Lipinski definition) is 1. The number of hydrogen-bond donors (Lipinski definition) is 0. The lowest BCUT2D eigenvalue weighted by molar-refractivity contribution is 0.414. The fourth-order valence-electron chi connectivity index (χ4n) is 1.34. The van der Waals surface area contributed by atoms with Crippen LogP contribution in [0.25, 0.3) is 0 Å². The molecule has 0 heterocycles. The van der Waals surface area contributed by atoms with Gasteiger partial charge in [-0.1, -0.05) is 46.9 Å². The average Bonchev–Trinajstić information content (AvgIpc) is 2.30. The van der Waals surface area contributed by atoms with Crippen LogP contribution < -0.4 is 4.74 Å². The molecule has 15 heavy (non-hydrogen) atoms. The Balaban J connectivity index is 2.31. The van der Waals surface area contributed by atoms with Crippen LogP contribution in [0.4, 0.5) is 0 Å². The van der Waals surface area contributed by atoms with E-state index < -0.39 is 0 Å². The summed E-state index contributed by atoms with van der Waals surface area (Å²) in [6, 6.07) is 8.30. The van der Waals surface area contributed by atoms with Gasteiger partial charge >= 0.3 is 0 Å². The fraction of sp³-hybridized carbons (Fsp3) is 0.385. The van der Waals surface area contributed by atoms with E-state index in [-0.39, 0.29) is 0 Å². The monoisotopic (exact) mass is 316 g/mol. The molecule has 0 bridgehead atoms. The van der Waals surface area contributed by atoms with Gasteiger partial charge in [-0.3, -0.25) is 0 Å². The first-order valence-corrected chi connectivity index (χ1v) is 6.73. The van der Waals surface area contributed by atoms with Crippen molar-refractivity contribution in [2.24, 2.45) is 0 Å². The molecule has 0 spiro atoms. The highest BCUT2D eigenvalue weighted by Gasteiger charge is 1.92. The Kier molecular flexibility index (Phi) is 6.48. The van der Waals surface area contributed by atoms with Gasteiger partial charge in [-0.2, -0.15) is 0 Å². The van der Waals surface area contributed by atoms with E-state index in [4.69, 9.17) is 4.74 Å². The van der Waals surface area contributed by atoms with Crippen LogP contribution in [0.2, 0.25) is 0 Å². The summed E-state index contributed by atoms with van der Waals surface area (Å²) in [5.74, 6) is 0.930. The number of rotatable bonds is 6. The van der Waals surface area contributed by atoms with Crippen molar-refractivity contribution in [3.8, 4) is 5.75 Å². The van der Waals surface area contributed by atoms with Crippen LogP contribution in [0.3, 0.4) is 0 Å². The third kappa shape index (κ3) is 5.21. The van der Waals surface area contributed by atoms with E-state index in [2.05, 4.69) is 46.9 Å². The van der Waals surface area contributed by atoms with Crippen LogP contribution in [0, 0.1) is 0 Å². The highest BCUT2D eigenvalue weighted by molar-refractivity contribution is 14.1. The smallest absolute Gasteiger partial charge is 0.118 e. The van der Waals surface area contributed by atoms with Crippen LogP contribution in [0.15, 0.2) is 36.4 Å². The number of halogens is 1. The number of allylic oxidation sites excluding steroid dienone is 2. The first-order valence-electron chi connectivity index (χ1n) is 5.20. The molecule has 0 saturated carbocycles. The molecule has 1 aromatic rings. The van der Waals surface area contributed by atoms with E-state index >= 15 is 0 Å². The van der Waals surface area contributed by atoms with Gasteiger partial charge in [0.1, 0.15) is 5.75 Å². The van der Waals surface area contributed by atoms with Crippen molar-refractivity contribution in [3.63, 3.8) is 0 Å². The number of benzene rings is 1. The first-order chi connectivity index (χ1) is 7.36. The molecule has 0 aliphatic rings. The van der Waals surface area contributed by atoms with Crippen molar-refractivity contribution in [2.75, 3.05) is 11.5 Å². The second-order valence-electron chi connectivity index (χ2n) is 3.34. The summed E-state index contributed by atoms with van der Waals surface area (Å²) in [6.07, 6.45) is 7.95. The molecule has 1 nitrogen and oxygen atoms in total. The summed E-state index contributed by atoms with van der Waals surface area (Å²) in [5.41, 5.74) is 1.37. The lowest BCUT2D eigenvalue weighted by Crippen LogP contribution is -1.85. The molecule has 0 unspecified atom stereocenters. The van der Waals surface area contributed by atoms with Gasteiger partial charge in [0.15, 0.2) is 0 Å². The van der Waals surface area contributed by atoms with Crippen LogP contribution in [-0.2, 0) is 6.42 Å². The van der Waals surface area contributed by atoms with E-state index in [1.807, 2.05) is 12.1 Å². The minimum atomic E-state index is 0.930. The van der Waals surface area contributed by atoms with Gasteiger partial charge in [-0.15, -0.1) is 0 Å². The molecule has 0 fully saturated rings. The van der Waals surface area contributed by atoms with Gasteiger partial charge in [0.25, 0.3) is 0 Å². The lowest BCUT2D eigenvalue weighted by Gasteiger charge is -2.01. The standard InChI is InChI=1S/C13H17IO/c1-15-13-9-7-12(8-10-13)6-4-2-3-5-11-14/h2-3,7-10H,4-6,11H2,1H3. The van der Waals surface area contributed by atoms with Crippen molar-refractivity contribution < 1.29 is 4.74 Å². The molecule has 2 heteroatoms. The van der Waals surface area contributed by atoms with Gasteiger partial charge in [0, 0.05) is 4.43 Å². The fourth-order valence-corrected chi connectivity index (χ4v) is 1.70. The predicted octanol–water partition coefficient (Wildman–Crippen LogP) is 4.01. The van der Waals surface area contributed by atoms with E-state index in [1.165, 1.54) is 16.4 Å². The lowest BCUT2D eigenvalue weighted by atomic mass is 10.1. The minimum Gasteiger partial charge on any atom is -0.497 e. The quantitative estimate of drug-likeness (QED) is 0.438. The SMILES string of the molecule is COc1ccc(CCC=CCCI)cc1. The van der Waals surface area contributed by atoms with Crippen LogP contribution >= 0.6 is 22.6 Å². The predicted molar refractivity (Wildman–Crippen MR) is 74.0 cm³/mol. The van der Waals surface area contributed by atoms with Gasteiger partial charge in [-0.25, -0.2) is 0 Å². The molecular weight excluding hydrogens is 299 g/mol. The maximum absolute atomic E-state index is 5.11. The molecule has 0 aromatic heterocycles. The van der Waals surface area contributed by atoms with Crippen LogP contribution in [0.1, 0.15) is 18.4 Å². The Morgan fingerprint density at radius 1 is 1.13 bits per heavy atom. The highest BCUT2D eigenvalue weighted by atomic mass is 127. The van der Waals surface area contributed by atoms with E-state index in [0.29, 0.717) is 0 Å². The van der Waals surface area contributed by atoms with Crippen molar-refractivity contribution in [3.05, 3.63) is 42.0 Å². The van der Waals surface area contributed by atoms with Gasteiger partial charge in [-0.05, 0) is 37.0 Å². The zero-order valence-electron chi connectivity index (χ0n) is 9.08. The van der Waals surface area contributed by atoms with Gasteiger partial charge in [0.05, 0.1) is 7.11 Å². The Hall–Kier alpha value is -0.510. The van der Waals surface area contributed by atoms with E-state index in [1.54, 1.807) is 7.11 Å². The number of aryl methyl sites for hydroxylation is 1. The molecular formula is C13H17IO. The molecule has 0 radical (unpaired) electrons. The summed E-state index contributed by atoms with van der Waals surface area (Å²) >= 11 is 2.39. The van der Waals surface area contributed by atoms with E-state index in [9.17, 15) is 0 Å². The normalized spacial score (nSPS) is 10.8. The maximum Gasteiger partial charge on any atom is 0.118 e. The Morgan fingerprint density at radius 3 is 2.40 bits per heavy atom. The molecule has 1 rings (SSSR count). The third-order valence-corrected chi connectivity index (χ3v) is 2.82. The zero-order valence-corrected chi connectivity index (χ0v) is 11.2. The Morgan fingerprint density at radius 2 is 1.80 bits per heavy atom. The third-order valence-electron chi connectivity index (χ3n) is 2.20. The molecule has 0 aliphatic heterocycles. The Bertz CT molecular complexity index is 290. The average molecular weight is 316 g/mol. The Labute approximate surface area is 106 Å². The number of alkyl halides is 1. The molecule has 0 aliphatic carbocycles. The molecule has 0 N–H and O–H groups in total. The molecule has 0 atom stereocenters. The minimum absolute atomic E-state index is 0.930. The van der Waals surface area contributed by atoms with Crippen LogP contribution in [0.5, 0.6) is 5.75 Å². The molecule has 1 aromatic carbocycles. The second kappa shape index (κ2) is 7.74. The van der Waals surface area contributed by atoms with Crippen molar-refractivity contribution in [1.82, 2.24) is 0 Å². The largest absolute Gasteiger partial charge is 0.497 e. The summed E-state index contributed by atoms with van der Waals surface area (Å²) in [4.78, 5) is 0. The highest BCUT2D eigenvalue weighted by Crippen LogP contribution is 2.12.